The topological polar surface area (TPSA) is 139 Å². The maximum absolute atomic E-state index is 12.4. The molecule has 1 amide bonds. The van der Waals surface area contributed by atoms with Gasteiger partial charge in [0.15, 0.2) is 4.96 Å². The number of carbonyl (C=O) groups excluding carboxylic acids is 1. The fourth-order valence-corrected chi connectivity index (χ4v) is 3.91. The van der Waals surface area contributed by atoms with Crippen LogP contribution >= 0.6 is 11.3 Å². The minimum absolute atomic E-state index is 0.0815. The average Bonchev–Trinajstić information content (AvgIpc) is 3.32. The van der Waals surface area contributed by atoms with Crippen molar-refractivity contribution in [1.82, 2.24) is 14.7 Å². The van der Waals surface area contributed by atoms with E-state index in [9.17, 15) is 19.5 Å². The van der Waals surface area contributed by atoms with Gasteiger partial charge in [-0.1, -0.05) is 0 Å². The number of carbonyl (C=O) groups is 3. The summed E-state index contributed by atoms with van der Waals surface area (Å²) in [6.07, 6.45) is 1.14. The molecule has 10 nitrogen and oxygen atoms in total. The lowest BCUT2D eigenvalue weighted by Crippen LogP contribution is -2.41. The molecule has 11 heteroatoms. The van der Waals surface area contributed by atoms with Crippen molar-refractivity contribution in [3.63, 3.8) is 0 Å². The van der Waals surface area contributed by atoms with Crippen LogP contribution in [0.4, 0.5) is 0 Å². The Balaban J connectivity index is 1.81. The van der Waals surface area contributed by atoms with Gasteiger partial charge in [-0.3, -0.25) is 14.0 Å². The van der Waals surface area contributed by atoms with Crippen LogP contribution in [0.25, 0.3) is 16.2 Å². The van der Waals surface area contributed by atoms with Crippen LogP contribution in [-0.4, -0.2) is 57.7 Å². The van der Waals surface area contributed by atoms with Gasteiger partial charge in [-0.15, -0.1) is 11.3 Å². The Bertz CT molecular complexity index is 1120. The van der Waals surface area contributed by atoms with Crippen molar-refractivity contribution < 1.29 is 34.1 Å². The number of hydrogen-bond acceptors (Lipinski definition) is 7. The number of carboxylic acid groups (broad SMARTS) is 2. The second-order valence-electron chi connectivity index (χ2n) is 6.64. The van der Waals surface area contributed by atoms with Crippen molar-refractivity contribution in [3.05, 3.63) is 35.5 Å². The number of carboxylic acids is 2. The van der Waals surface area contributed by atoms with Crippen LogP contribution in [0.3, 0.4) is 0 Å². The van der Waals surface area contributed by atoms with Crippen molar-refractivity contribution in [1.29, 1.82) is 0 Å². The van der Waals surface area contributed by atoms with E-state index in [0.717, 1.165) is 5.56 Å². The SMILES string of the molecule is COc1ccc(OC)c(-c2cn3c(CC(=O)NC(CCC(=O)O)C(=O)O)csc3n2)c1. The number of benzene rings is 1. The second-order valence-corrected chi connectivity index (χ2v) is 7.48. The molecular weight excluding hydrogens is 426 g/mol. The molecule has 1 atom stereocenters. The molecule has 1 aromatic carbocycles. The minimum atomic E-state index is -1.28. The van der Waals surface area contributed by atoms with Gasteiger partial charge in [0.05, 0.1) is 26.3 Å². The Kier molecular flexibility index (Phi) is 6.75. The Morgan fingerprint density at radius 1 is 1.23 bits per heavy atom. The number of aliphatic carboxylic acids is 2. The standard InChI is InChI=1S/C20H21N3O7S/c1-29-12-3-5-16(30-2)13(8-12)15-9-23-11(10-31-20(23)22-15)7-17(24)21-14(19(27)28)4-6-18(25)26/h3,5,8-10,14H,4,6-7H2,1-2H3,(H,21,24)(H,25,26)(H,27,28). The van der Waals surface area contributed by atoms with Crippen LogP contribution in [0.2, 0.25) is 0 Å². The molecule has 3 rings (SSSR count). The van der Waals surface area contributed by atoms with E-state index >= 15 is 0 Å². The summed E-state index contributed by atoms with van der Waals surface area (Å²) in [7, 11) is 3.12. The first-order chi connectivity index (χ1) is 14.8. The molecule has 0 radical (unpaired) electrons. The maximum atomic E-state index is 12.4. The first-order valence-electron chi connectivity index (χ1n) is 9.24. The Labute approximate surface area is 181 Å². The third kappa shape index (κ3) is 5.12. The molecule has 164 valence electrons. The fraction of sp³-hybridized carbons (Fsp3) is 0.300. The first-order valence-corrected chi connectivity index (χ1v) is 10.1. The van der Waals surface area contributed by atoms with Crippen molar-refractivity contribution in [2.75, 3.05) is 14.2 Å². The minimum Gasteiger partial charge on any atom is -0.497 e. The predicted molar refractivity (Wildman–Crippen MR) is 112 cm³/mol. The van der Waals surface area contributed by atoms with Gasteiger partial charge in [0.25, 0.3) is 0 Å². The second kappa shape index (κ2) is 9.47. The van der Waals surface area contributed by atoms with Crippen molar-refractivity contribution in [2.24, 2.45) is 0 Å². The van der Waals surface area contributed by atoms with E-state index < -0.39 is 23.9 Å². The number of fused-ring (bicyclic) bond motifs is 1. The highest BCUT2D eigenvalue weighted by molar-refractivity contribution is 7.15. The molecule has 1 unspecified atom stereocenters. The van der Waals surface area contributed by atoms with Gasteiger partial charge in [0, 0.05) is 29.3 Å². The Morgan fingerprint density at radius 2 is 2.00 bits per heavy atom. The van der Waals surface area contributed by atoms with E-state index in [-0.39, 0.29) is 19.3 Å². The summed E-state index contributed by atoms with van der Waals surface area (Å²) in [6.45, 7) is 0. The number of nitrogens with zero attached hydrogens (tertiary/aromatic N) is 2. The molecule has 0 fully saturated rings. The van der Waals surface area contributed by atoms with E-state index in [2.05, 4.69) is 10.3 Å². The lowest BCUT2D eigenvalue weighted by Gasteiger charge is -2.13. The summed E-state index contributed by atoms with van der Waals surface area (Å²) < 4.78 is 12.4. The van der Waals surface area contributed by atoms with Crippen LogP contribution in [0.15, 0.2) is 29.8 Å². The number of aromatic nitrogens is 2. The quantitative estimate of drug-likeness (QED) is 0.429. The monoisotopic (exact) mass is 447 g/mol. The summed E-state index contributed by atoms with van der Waals surface area (Å²) in [6, 6.07) is 4.09. The zero-order valence-corrected chi connectivity index (χ0v) is 17.6. The number of ether oxygens (including phenoxy) is 2. The van der Waals surface area contributed by atoms with Gasteiger partial charge in [-0.25, -0.2) is 9.78 Å². The van der Waals surface area contributed by atoms with Crippen LogP contribution in [-0.2, 0) is 20.8 Å². The van der Waals surface area contributed by atoms with E-state index in [4.69, 9.17) is 14.6 Å². The van der Waals surface area contributed by atoms with Gasteiger partial charge in [-0.2, -0.15) is 0 Å². The maximum Gasteiger partial charge on any atom is 0.326 e. The molecule has 2 heterocycles. The third-order valence-corrected chi connectivity index (χ3v) is 5.48. The predicted octanol–water partition coefficient (Wildman–Crippen LogP) is 2.06. The molecule has 0 saturated carbocycles. The number of imidazole rings is 1. The van der Waals surface area contributed by atoms with Crippen molar-refractivity contribution >= 4 is 34.1 Å². The lowest BCUT2D eigenvalue weighted by molar-refractivity contribution is -0.143. The number of thiazole rings is 1. The number of nitrogens with one attached hydrogen (secondary N) is 1. The van der Waals surface area contributed by atoms with E-state index in [1.807, 2.05) is 0 Å². The molecule has 3 aromatic rings. The molecule has 0 spiro atoms. The zero-order valence-electron chi connectivity index (χ0n) is 16.8. The fourth-order valence-electron chi connectivity index (χ4n) is 3.04. The average molecular weight is 447 g/mol. The van der Waals surface area contributed by atoms with E-state index in [1.165, 1.54) is 11.3 Å². The van der Waals surface area contributed by atoms with Gasteiger partial charge in [0.2, 0.25) is 5.91 Å². The molecule has 0 aliphatic rings. The van der Waals surface area contributed by atoms with E-state index in [0.29, 0.717) is 27.8 Å². The number of methoxy groups -OCH3 is 2. The number of amides is 1. The smallest absolute Gasteiger partial charge is 0.326 e. The molecular formula is C20H21N3O7S. The first kappa shape index (κ1) is 22.1. The third-order valence-electron chi connectivity index (χ3n) is 4.59. The van der Waals surface area contributed by atoms with Crippen molar-refractivity contribution in [2.45, 2.75) is 25.3 Å². The van der Waals surface area contributed by atoms with Crippen molar-refractivity contribution in [3.8, 4) is 22.8 Å². The highest BCUT2D eigenvalue weighted by atomic mass is 32.1. The number of rotatable bonds is 10. The van der Waals surface area contributed by atoms with Crippen LogP contribution in [0.1, 0.15) is 18.5 Å². The molecule has 0 saturated heterocycles. The van der Waals surface area contributed by atoms with Gasteiger partial charge in [0.1, 0.15) is 17.5 Å². The molecule has 0 aliphatic carbocycles. The normalized spacial score (nSPS) is 11.8. The summed E-state index contributed by atoms with van der Waals surface area (Å²) >= 11 is 1.34. The summed E-state index contributed by atoms with van der Waals surface area (Å²) in [5.74, 6) is -1.66. The Hall–Kier alpha value is -3.60. The van der Waals surface area contributed by atoms with Crippen LogP contribution in [0.5, 0.6) is 11.5 Å². The molecule has 3 N–H and O–H groups in total. The molecule has 2 aromatic heterocycles. The van der Waals surface area contributed by atoms with Gasteiger partial charge >= 0.3 is 11.9 Å². The summed E-state index contributed by atoms with van der Waals surface area (Å²) in [5.41, 5.74) is 1.99. The van der Waals surface area contributed by atoms with Crippen LogP contribution in [0, 0.1) is 0 Å². The molecule has 0 bridgehead atoms. The highest BCUT2D eigenvalue weighted by Crippen LogP contribution is 2.34. The molecule has 0 aliphatic heterocycles. The van der Waals surface area contributed by atoms with Gasteiger partial charge in [-0.05, 0) is 24.6 Å². The lowest BCUT2D eigenvalue weighted by atomic mass is 10.1. The van der Waals surface area contributed by atoms with E-state index in [1.54, 1.807) is 48.4 Å². The largest absolute Gasteiger partial charge is 0.497 e. The summed E-state index contributed by atoms with van der Waals surface area (Å²) in [5, 5.41) is 22.1. The highest BCUT2D eigenvalue weighted by Gasteiger charge is 2.22. The molecule has 31 heavy (non-hydrogen) atoms. The van der Waals surface area contributed by atoms with Crippen LogP contribution < -0.4 is 14.8 Å². The summed E-state index contributed by atoms with van der Waals surface area (Å²) in [4.78, 5) is 39.6. The zero-order chi connectivity index (χ0) is 22.5. The number of hydrogen-bond donors (Lipinski definition) is 3. The van der Waals surface area contributed by atoms with Gasteiger partial charge < -0.3 is 25.0 Å². The Morgan fingerprint density at radius 3 is 2.65 bits per heavy atom.